The van der Waals surface area contributed by atoms with E-state index in [1.807, 2.05) is 0 Å². The molecule has 0 fully saturated rings. The Kier molecular flexibility index (Phi) is 5.16. The van der Waals surface area contributed by atoms with E-state index in [1.165, 1.54) is 13.0 Å². The summed E-state index contributed by atoms with van der Waals surface area (Å²) < 4.78 is 92.4. The molecule has 1 aromatic heterocycles. The lowest BCUT2D eigenvalue weighted by Crippen LogP contribution is -2.15. The van der Waals surface area contributed by atoms with E-state index in [-0.39, 0.29) is 16.9 Å². The Morgan fingerprint density at radius 2 is 1.69 bits per heavy atom. The number of alkyl halides is 3. The van der Waals surface area contributed by atoms with Crippen LogP contribution in [0, 0.1) is 18.6 Å². The van der Waals surface area contributed by atoms with E-state index in [0.717, 1.165) is 22.1 Å². The van der Waals surface area contributed by atoms with E-state index < -0.39 is 48.5 Å². The van der Waals surface area contributed by atoms with Crippen LogP contribution in [0.2, 0.25) is 0 Å². The number of sulfone groups is 1. The van der Waals surface area contributed by atoms with Crippen LogP contribution in [0.3, 0.4) is 0 Å². The van der Waals surface area contributed by atoms with E-state index in [2.05, 4.69) is 0 Å². The van der Waals surface area contributed by atoms with Crippen LogP contribution in [0.1, 0.15) is 11.1 Å². The zero-order chi connectivity index (χ0) is 21.7. The lowest BCUT2D eigenvalue weighted by molar-refractivity contribution is -0.138. The molecule has 4 nitrogen and oxygen atoms in total. The van der Waals surface area contributed by atoms with Crippen LogP contribution in [-0.2, 0) is 16.0 Å². The molecule has 11 heteroatoms. The van der Waals surface area contributed by atoms with Gasteiger partial charge in [-0.3, -0.25) is 9.36 Å². The summed E-state index contributed by atoms with van der Waals surface area (Å²) in [5.74, 6) is -2.38. The monoisotopic (exact) mass is 449 g/mol. The summed E-state index contributed by atoms with van der Waals surface area (Å²) in [6.45, 7) is 1.25. The van der Waals surface area contributed by atoms with Gasteiger partial charge >= 0.3 is 11.0 Å². The SMILES string of the molecule is Cc1ccc(-n2c(-c3cc(F)c(S(C)(=O)=O)cc3F)csc2=O)cc1C(F)(F)F. The summed E-state index contributed by atoms with van der Waals surface area (Å²) in [4.78, 5) is 10.7. The summed E-state index contributed by atoms with van der Waals surface area (Å²) in [6.07, 6.45) is -3.97. The molecule has 1 heterocycles. The quantitative estimate of drug-likeness (QED) is 0.551. The lowest BCUT2D eigenvalue weighted by Gasteiger charge is -2.14. The molecule has 29 heavy (non-hydrogen) atoms. The van der Waals surface area contributed by atoms with E-state index in [0.29, 0.717) is 29.7 Å². The third-order valence-corrected chi connectivity index (χ3v) is 6.01. The summed E-state index contributed by atoms with van der Waals surface area (Å²) in [5.41, 5.74) is -1.88. The Balaban J connectivity index is 2.26. The molecule has 0 radical (unpaired) electrons. The molecule has 0 saturated heterocycles. The Bertz CT molecular complexity index is 1270. The summed E-state index contributed by atoms with van der Waals surface area (Å²) in [7, 11) is -4.04. The standard InChI is InChI=1S/C18H12F5NO3S2/c1-9-3-4-10(5-12(9)18(21,22)23)24-15(8-28-17(24)25)11-6-14(20)16(7-13(11)19)29(2,26)27/h3-8H,1-2H3. The maximum Gasteiger partial charge on any atom is 0.416 e. The van der Waals surface area contributed by atoms with Gasteiger partial charge in [0.15, 0.2) is 9.84 Å². The van der Waals surface area contributed by atoms with Crippen molar-refractivity contribution in [3.8, 4) is 16.9 Å². The normalized spacial score (nSPS) is 12.4. The first-order chi connectivity index (χ1) is 13.3. The van der Waals surface area contributed by atoms with Crippen molar-refractivity contribution in [1.29, 1.82) is 0 Å². The predicted octanol–water partition coefficient (Wildman–Crippen LogP) is 4.57. The van der Waals surface area contributed by atoms with Gasteiger partial charge < -0.3 is 0 Å². The number of hydrogen-bond donors (Lipinski definition) is 0. The van der Waals surface area contributed by atoms with Crippen molar-refractivity contribution < 1.29 is 30.4 Å². The summed E-state index contributed by atoms with van der Waals surface area (Å²) in [5, 5.41) is 1.16. The molecule has 0 aliphatic rings. The highest BCUT2D eigenvalue weighted by Gasteiger charge is 2.33. The van der Waals surface area contributed by atoms with Gasteiger partial charge in [0.25, 0.3) is 0 Å². The third kappa shape index (κ3) is 3.97. The topological polar surface area (TPSA) is 56.1 Å². The molecule has 0 amide bonds. The van der Waals surface area contributed by atoms with E-state index in [9.17, 15) is 35.2 Å². The van der Waals surface area contributed by atoms with Crippen LogP contribution < -0.4 is 4.87 Å². The molecule has 0 saturated carbocycles. The van der Waals surface area contributed by atoms with Crippen molar-refractivity contribution in [2.24, 2.45) is 0 Å². The van der Waals surface area contributed by atoms with Gasteiger partial charge in [0.2, 0.25) is 0 Å². The maximum atomic E-state index is 14.6. The number of halogens is 5. The average molecular weight is 449 g/mol. The van der Waals surface area contributed by atoms with Crippen molar-refractivity contribution in [3.05, 3.63) is 68.1 Å². The fraction of sp³-hybridized carbons (Fsp3) is 0.167. The van der Waals surface area contributed by atoms with E-state index in [1.54, 1.807) is 0 Å². The second kappa shape index (κ2) is 7.06. The van der Waals surface area contributed by atoms with Gasteiger partial charge in [-0.2, -0.15) is 13.2 Å². The molecule has 3 aromatic rings. The first-order valence-corrected chi connectivity index (χ1v) is 10.7. The van der Waals surface area contributed by atoms with Gasteiger partial charge in [0, 0.05) is 17.2 Å². The van der Waals surface area contributed by atoms with Crippen LogP contribution in [0.4, 0.5) is 22.0 Å². The van der Waals surface area contributed by atoms with Crippen LogP contribution >= 0.6 is 11.3 Å². The molecule has 3 rings (SSSR count). The van der Waals surface area contributed by atoms with Gasteiger partial charge in [-0.1, -0.05) is 17.4 Å². The van der Waals surface area contributed by atoms with Crippen LogP contribution in [0.25, 0.3) is 16.9 Å². The zero-order valence-electron chi connectivity index (χ0n) is 14.8. The van der Waals surface area contributed by atoms with Crippen LogP contribution in [-0.4, -0.2) is 19.2 Å². The van der Waals surface area contributed by atoms with Gasteiger partial charge in [0.05, 0.1) is 16.9 Å². The highest BCUT2D eigenvalue weighted by atomic mass is 32.2. The fourth-order valence-corrected chi connectivity index (χ4v) is 4.29. The Morgan fingerprint density at radius 3 is 2.28 bits per heavy atom. The number of thiazole rings is 1. The Labute approximate surface area is 165 Å². The highest BCUT2D eigenvalue weighted by Crippen LogP contribution is 2.35. The minimum atomic E-state index is -4.67. The molecular formula is C18H12F5NO3S2. The average Bonchev–Trinajstić information content (AvgIpc) is 2.96. The van der Waals surface area contributed by atoms with Gasteiger partial charge in [-0.25, -0.2) is 17.2 Å². The highest BCUT2D eigenvalue weighted by molar-refractivity contribution is 7.90. The lowest BCUT2D eigenvalue weighted by atomic mass is 10.1. The first-order valence-electron chi connectivity index (χ1n) is 7.89. The minimum Gasteiger partial charge on any atom is -0.267 e. The largest absolute Gasteiger partial charge is 0.416 e. The second-order valence-corrected chi connectivity index (χ2v) is 9.06. The molecule has 2 aromatic carbocycles. The first kappa shape index (κ1) is 21.2. The molecule has 0 atom stereocenters. The number of nitrogens with zero attached hydrogens (tertiary/aromatic N) is 1. The zero-order valence-corrected chi connectivity index (χ0v) is 16.5. The van der Waals surface area contributed by atoms with Crippen molar-refractivity contribution >= 4 is 21.2 Å². The number of benzene rings is 2. The molecular weight excluding hydrogens is 437 g/mol. The summed E-state index contributed by atoms with van der Waals surface area (Å²) in [6, 6.07) is 4.23. The molecule has 0 bridgehead atoms. The minimum absolute atomic E-state index is 0.0687. The van der Waals surface area contributed by atoms with Gasteiger partial charge in [-0.15, -0.1) is 0 Å². The van der Waals surface area contributed by atoms with Gasteiger partial charge in [0.1, 0.15) is 16.5 Å². The van der Waals surface area contributed by atoms with Crippen LogP contribution in [0.5, 0.6) is 0 Å². The molecule has 0 N–H and O–H groups in total. The smallest absolute Gasteiger partial charge is 0.267 e. The third-order valence-electron chi connectivity index (χ3n) is 4.18. The number of rotatable bonds is 3. The predicted molar refractivity (Wildman–Crippen MR) is 98.1 cm³/mol. The van der Waals surface area contributed by atoms with Crippen molar-refractivity contribution in [1.82, 2.24) is 4.57 Å². The number of aromatic nitrogens is 1. The molecule has 0 aliphatic heterocycles. The van der Waals surface area contributed by atoms with E-state index >= 15 is 0 Å². The maximum absolute atomic E-state index is 14.6. The van der Waals surface area contributed by atoms with Gasteiger partial charge in [-0.05, 0) is 36.8 Å². The number of aryl methyl sites for hydroxylation is 1. The number of hydrogen-bond acceptors (Lipinski definition) is 4. The summed E-state index contributed by atoms with van der Waals surface area (Å²) >= 11 is 0.581. The fourth-order valence-electron chi connectivity index (χ4n) is 2.80. The van der Waals surface area contributed by atoms with Crippen molar-refractivity contribution in [2.45, 2.75) is 18.0 Å². The van der Waals surface area contributed by atoms with E-state index in [4.69, 9.17) is 0 Å². The molecule has 0 spiro atoms. The second-order valence-electron chi connectivity index (χ2n) is 6.25. The van der Waals surface area contributed by atoms with Crippen molar-refractivity contribution in [3.63, 3.8) is 0 Å². The van der Waals surface area contributed by atoms with Crippen molar-refractivity contribution in [2.75, 3.05) is 6.26 Å². The molecule has 0 unspecified atom stereocenters. The molecule has 0 aliphatic carbocycles. The molecule has 154 valence electrons. The van der Waals surface area contributed by atoms with Crippen LogP contribution in [0.15, 0.2) is 45.4 Å². The Morgan fingerprint density at radius 1 is 1.03 bits per heavy atom. The Hall–Kier alpha value is -2.53.